The first-order chi connectivity index (χ1) is 10.8. The van der Waals surface area contributed by atoms with Gasteiger partial charge in [0, 0.05) is 6.92 Å². The van der Waals surface area contributed by atoms with Crippen molar-refractivity contribution in [3.05, 3.63) is 0 Å². The van der Waals surface area contributed by atoms with Gasteiger partial charge in [-0.2, -0.15) is 0 Å². The van der Waals surface area contributed by atoms with E-state index >= 15 is 0 Å². The second kappa shape index (κ2) is 5.78. The maximum atomic E-state index is 12.0. The van der Waals surface area contributed by atoms with Gasteiger partial charge in [-0.05, 0) is 75.0 Å². The summed E-state index contributed by atoms with van der Waals surface area (Å²) in [6, 6.07) is 0. The maximum Gasteiger partial charge on any atom is 0.309 e. The van der Waals surface area contributed by atoms with Gasteiger partial charge < -0.3 is 9.84 Å². The van der Waals surface area contributed by atoms with Crippen LogP contribution in [0, 0.1) is 28.6 Å². The van der Waals surface area contributed by atoms with E-state index in [2.05, 4.69) is 6.92 Å². The van der Waals surface area contributed by atoms with Gasteiger partial charge in [0.15, 0.2) is 0 Å². The number of esters is 1. The van der Waals surface area contributed by atoms with Gasteiger partial charge in [-0.3, -0.25) is 9.59 Å². The summed E-state index contributed by atoms with van der Waals surface area (Å²) in [6.45, 7) is 5.77. The standard InChI is InChI=1S/C19H30O4/c1-12(20)23-14-7-5-13-6-8-16-18(2,15(13)11-14)9-4-10-19(16,3)17(21)22/h13-16H,4-11H2,1-3H3,(H,21,22)/t13-,14?,15+,16?,18-,19+/m1/s1. The Kier molecular flexibility index (Phi) is 4.22. The topological polar surface area (TPSA) is 63.6 Å². The summed E-state index contributed by atoms with van der Waals surface area (Å²) in [5.74, 6) is 0.611. The first-order valence-electron chi connectivity index (χ1n) is 9.18. The third-order valence-corrected chi connectivity index (χ3v) is 7.42. The summed E-state index contributed by atoms with van der Waals surface area (Å²) in [5, 5.41) is 9.85. The minimum atomic E-state index is -0.626. The molecule has 3 rings (SSSR count). The van der Waals surface area contributed by atoms with Gasteiger partial charge in [0.1, 0.15) is 6.10 Å². The molecule has 0 aromatic rings. The van der Waals surface area contributed by atoms with Crippen molar-refractivity contribution in [2.24, 2.45) is 28.6 Å². The molecule has 0 spiro atoms. The number of fused-ring (bicyclic) bond motifs is 3. The SMILES string of the molecule is CC(=O)OC1CC[C@@H]2CCC3[C@](C)(CCC[C@]3(C)C(=O)O)[C@H]2C1. The number of carboxylic acids is 1. The van der Waals surface area contributed by atoms with Crippen molar-refractivity contribution >= 4 is 11.9 Å². The molecule has 0 radical (unpaired) electrons. The fourth-order valence-corrected chi connectivity index (χ4v) is 6.33. The largest absolute Gasteiger partial charge is 0.481 e. The highest BCUT2D eigenvalue weighted by atomic mass is 16.5. The van der Waals surface area contributed by atoms with Crippen molar-refractivity contribution in [3.63, 3.8) is 0 Å². The second-order valence-electron chi connectivity index (χ2n) is 8.62. The lowest BCUT2D eigenvalue weighted by Crippen LogP contribution is -2.56. The van der Waals surface area contributed by atoms with Crippen molar-refractivity contribution in [3.8, 4) is 0 Å². The molecule has 0 aliphatic heterocycles. The third kappa shape index (κ3) is 2.68. The number of aliphatic carboxylic acids is 1. The summed E-state index contributed by atoms with van der Waals surface area (Å²) in [5.41, 5.74) is -0.514. The molecule has 3 saturated carbocycles. The monoisotopic (exact) mass is 322 g/mol. The molecule has 0 aromatic carbocycles. The number of carbonyl (C=O) groups excluding carboxylic acids is 1. The number of carbonyl (C=O) groups is 2. The Morgan fingerprint density at radius 1 is 1.09 bits per heavy atom. The van der Waals surface area contributed by atoms with Gasteiger partial charge in [0.25, 0.3) is 0 Å². The molecule has 3 fully saturated rings. The van der Waals surface area contributed by atoms with Gasteiger partial charge in [0.2, 0.25) is 0 Å². The Labute approximate surface area is 139 Å². The van der Waals surface area contributed by atoms with Crippen molar-refractivity contribution in [1.29, 1.82) is 0 Å². The predicted molar refractivity (Wildman–Crippen MR) is 86.8 cm³/mol. The van der Waals surface area contributed by atoms with E-state index < -0.39 is 11.4 Å². The van der Waals surface area contributed by atoms with E-state index in [0.29, 0.717) is 11.8 Å². The van der Waals surface area contributed by atoms with Crippen molar-refractivity contribution in [1.82, 2.24) is 0 Å². The second-order valence-corrected chi connectivity index (χ2v) is 8.62. The molecule has 3 aliphatic carbocycles. The predicted octanol–water partition coefficient (Wildman–Crippen LogP) is 4.03. The van der Waals surface area contributed by atoms with Gasteiger partial charge >= 0.3 is 11.9 Å². The van der Waals surface area contributed by atoms with Gasteiger partial charge in [-0.15, -0.1) is 0 Å². The lowest BCUT2D eigenvalue weighted by atomic mass is 9.44. The summed E-state index contributed by atoms with van der Waals surface area (Å²) in [6.07, 6.45) is 8.14. The van der Waals surface area contributed by atoms with E-state index in [1.807, 2.05) is 6.92 Å². The molecule has 130 valence electrons. The van der Waals surface area contributed by atoms with Crippen LogP contribution >= 0.6 is 0 Å². The molecule has 6 atom stereocenters. The fraction of sp³-hybridized carbons (Fsp3) is 0.895. The van der Waals surface area contributed by atoms with Crippen molar-refractivity contribution in [2.75, 3.05) is 0 Å². The Bertz CT molecular complexity index is 502. The molecule has 3 aliphatic rings. The molecule has 0 heterocycles. The quantitative estimate of drug-likeness (QED) is 0.780. The van der Waals surface area contributed by atoms with Crippen LogP contribution in [0.15, 0.2) is 0 Å². The molecule has 1 N–H and O–H groups in total. The van der Waals surface area contributed by atoms with E-state index in [0.717, 1.165) is 51.4 Å². The smallest absolute Gasteiger partial charge is 0.309 e. The number of carboxylic acid groups (broad SMARTS) is 1. The van der Waals surface area contributed by atoms with Crippen LogP contribution in [0.4, 0.5) is 0 Å². The summed E-state index contributed by atoms with van der Waals surface area (Å²) in [7, 11) is 0. The zero-order valence-corrected chi connectivity index (χ0v) is 14.6. The van der Waals surface area contributed by atoms with Crippen LogP contribution in [-0.4, -0.2) is 23.1 Å². The molecule has 4 heteroatoms. The highest BCUT2D eigenvalue weighted by molar-refractivity contribution is 5.75. The van der Waals surface area contributed by atoms with Crippen LogP contribution in [0.5, 0.6) is 0 Å². The average molecular weight is 322 g/mol. The van der Waals surface area contributed by atoms with Crippen molar-refractivity contribution < 1.29 is 19.4 Å². The van der Waals surface area contributed by atoms with Crippen LogP contribution in [0.3, 0.4) is 0 Å². The summed E-state index contributed by atoms with van der Waals surface area (Å²) >= 11 is 0. The minimum absolute atomic E-state index is 0.0299. The summed E-state index contributed by atoms with van der Waals surface area (Å²) < 4.78 is 5.51. The highest BCUT2D eigenvalue weighted by Gasteiger charge is 2.59. The van der Waals surface area contributed by atoms with Crippen LogP contribution in [0.2, 0.25) is 0 Å². The summed E-state index contributed by atoms with van der Waals surface area (Å²) in [4.78, 5) is 23.3. The molecular formula is C19H30O4. The zero-order chi connectivity index (χ0) is 16.8. The molecule has 2 unspecified atom stereocenters. The first kappa shape index (κ1) is 16.8. The molecule has 0 aromatic heterocycles. The van der Waals surface area contributed by atoms with Crippen LogP contribution < -0.4 is 0 Å². The van der Waals surface area contributed by atoms with E-state index in [1.54, 1.807) is 0 Å². The first-order valence-corrected chi connectivity index (χ1v) is 9.18. The Hall–Kier alpha value is -1.06. The average Bonchev–Trinajstić information content (AvgIpc) is 2.47. The van der Waals surface area contributed by atoms with Crippen LogP contribution in [0.25, 0.3) is 0 Å². The molecule has 4 nitrogen and oxygen atoms in total. The van der Waals surface area contributed by atoms with Crippen LogP contribution in [0.1, 0.15) is 72.1 Å². The van der Waals surface area contributed by atoms with E-state index in [4.69, 9.17) is 4.74 Å². The van der Waals surface area contributed by atoms with Crippen LogP contribution in [-0.2, 0) is 14.3 Å². The number of hydrogen-bond donors (Lipinski definition) is 1. The molecule has 23 heavy (non-hydrogen) atoms. The maximum absolute atomic E-state index is 12.0. The number of hydrogen-bond acceptors (Lipinski definition) is 3. The lowest BCUT2D eigenvalue weighted by Gasteiger charge is -2.60. The zero-order valence-electron chi connectivity index (χ0n) is 14.6. The van der Waals surface area contributed by atoms with Crippen molar-refractivity contribution in [2.45, 2.75) is 78.2 Å². The number of rotatable bonds is 2. The van der Waals surface area contributed by atoms with E-state index in [9.17, 15) is 14.7 Å². The van der Waals surface area contributed by atoms with Gasteiger partial charge in [-0.1, -0.05) is 13.3 Å². The minimum Gasteiger partial charge on any atom is -0.481 e. The molecule has 0 amide bonds. The normalized spacial score (nSPS) is 46.4. The third-order valence-electron chi connectivity index (χ3n) is 7.42. The fourth-order valence-electron chi connectivity index (χ4n) is 6.33. The molecule has 0 saturated heterocycles. The number of ether oxygens (including phenoxy) is 1. The van der Waals surface area contributed by atoms with E-state index in [-0.39, 0.29) is 23.4 Å². The molecule has 0 bridgehead atoms. The molecular weight excluding hydrogens is 292 g/mol. The Balaban J connectivity index is 1.87. The van der Waals surface area contributed by atoms with Gasteiger partial charge in [0.05, 0.1) is 5.41 Å². The highest BCUT2D eigenvalue weighted by Crippen LogP contribution is 2.63. The Morgan fingerprint density at radius 3 is 2.43 bits per heavy atom. The lowest BCUT2D eigenvalue weighted by molar-refractivity contribution is -0.177. The van der Waals surface area contributed by atoms with Gasteiger partial charge in [-0.25, -0.2) is 0 Å². The van der Waals surface area contributed by atoms with E-state index in [1.165, 1.54) is 6.92 Å². The Morgan fingerprint density at radius 2 is 1.78 bits per heavy atom.